The summed E-state index contributed by atoms with van der Waals surface area (Å²) < 4.78 is 0.857. The van der Waals surface area contributed by atoms with Crippen molar-refractivity contribution in [1.82, 2.24) is 0 Å². The highest BCUT2D eigenvalue weighted by atomic mass is 79.9. The molecule has 1 aromatic carbocycles. The van der Waals surface area contributed by atoms with E-state index in [-0.39, 0.29) is 5.91 Å². The van der Waals surface area contributed by atoms with Crippen LogP contribution in [0, 0.1) is 6.92 Å². The number of nitrogens with one attached hydrogen (secondary N) is 1. The van der Waals surface area contributed by atoms with Gasteiger partial charge in [-0.25, -0.2) is 0 Å². The van der Waals surface area contributed by atoms with Crippen molar-refractivity contribution in [2.75, 3.05) is 11.1 Å². The van der Waals surface area contributed by atoms with E-state index in [4.69, 9.17) is 5.73 Å². The Bertz CT molecular complexity index is 596. The lowest BCUT2D eigenvalue weighted by molar-refractivity contribution is -0.116. The fourth-order valence-corrected chi connectivity index (χ4v) is 3.18. The smallest absolute Gasteiger partial charge is 0.224 e. The molecule has 0 saturated carbocycles. The first-order valence-electron chi connectivity index (χ1n) is 6.44. The van der Waals surface area contributed by atoms with Crippen molar-refractivity contribution in [2.24, 2.45) is 0 Å². The minimum Gasteiger partial charge on any atom is -0.398 e. The molecule has 1 heterocycles. The van der Waals surface area contributed by atoms with Crippen LogP contribution in [0.2, 0.25) is 0 Å². The third-order valence-corrected chi connectivity index (χ3v) is 4.63. The molecule has 3 N–H and O–H groups in total. The molecule has 5 heteroatoms. The van der Waals surface area contributed by atoms with Crippen molar-refractivity contribution in [3.63, 3.8) is 0 Å². The molecule has 1 amide bonds. The summed E-state index contributed by atoms with van der Waals surface area (Å²) in [6.45, 7) is 1.94. The SMILES string of the molecule is Cc1cc(Br)c(NC(=O)CCCc2cccs2)cc1N. The zero-order valence-electron chi connectivity index (χ0n) is 11.3. The molecule has 0 fully saturated rings. The van der Waals surface area contributed by atoms with Crippen LogP contribution in [0.1, 0.15) is 23.3 Å². The second kappa shape index (κ2) is 6.90. The van der Waals surface area contributed by atoms with Crippen LogP contribution in [0.3, 0.4) is 0 Å². The van der Waals surface area contributed by atoms with Crippen LogP contribution in [0.25, 0.3) is 0 Å². The molecule has 20 heavy (non-hydrogen) atoms. The molecule has 0 aliphatic carbocycles. The Hall–Kier alpha value is -1.33. The van der Waals surface area contributed by atoms with Crippen molar-refractivity contribution >= 4 is 44.5 Å². The molecule has 0 aliphatic rings. The Kier molecular flexibility index (Phi) is 5.20. The van der Waals surface area contributed by atoms with E-state index >= 15 is 0 Å². The van der Waals surface area contributed by atoms with Gasteiger partial charge in [-0.3, -0.25) is 4.79 Å². The fraction of sp³-hybridized carbons (Fsp3) is 0.267. The largest absolute Gasteiger partial charge is 0.398 e. The first kappa shape index (κ1) is 15.1. The Morgan fingerprint density at radius 3 is 2.95 bits per heavy atom. The number of benzene rings is 1. The summed E-state index contributed by atoms with van der Waals surface area (Å²) in [6, 6.07) is 7.83. The van der Waals surface area contributed by atoms with E-state index in [9.17, 15) is 4.79 Å². The number of rotatable bonds is 5. The molecule has 2 aromatic rings. The van der Waals surface area contributed by atoms with E-state index in [0.29, 0.717) is 12.1 Å². The minimum absolute atomic E-state index is 0.0190. The summed E-state index contributed by atoms with van der Waals surface area (Å²) >= 11 is 5.17. The van der Waals surface area contributed by atoms with E-state index in [0.717, 1.165) is 28.6 Å². The van der Waals surface area contributed by atoms with E-state index in [1.807, 2.05) is 19.1 Å². The second-order valence-corrected chi connectivity index (χ2v) is 6.56. The number of amides is 1. The molecule has 0 aliphatic heterocycles. The average Bonchev–Trinajstić information content (AvgIpc) is 2.89. The number of thiophene rings is 1. The predicted octanol–water partition coefficient (Wildman–Crippen LogP) is 4.36. The first-order chi connectivity index (χ1) is 9.56. The number of halogens is 1. The second-order valence-electron chi connectivity index (χ2n) is 4.67. The standard InChI is InChI=1S/C15H17BrN2OS/c1-10-8-12(16)14(9-13(10)17)18-15(19)6-2-4-11-5-3-7-20-11/h3,5,7-9H,2,4,6,17H2,1H3,(H,18,19). The topological polar surface area (TPSA) is 55.1 Å². The van der Waals surface area contributed by atoms with Crippen LogP contribution >= 0.6 is 27.3 Å². The van der Waals surface area contributed by atoms with Gasteiger partial charge in [0.2, 0.25) is 5.91 Å². The van der Waals surface area contributed by atoms with Gasteiger partial charge in [-0.2, -0.15) is 0 Å². The van der Waals surface area contributed by atoms with Gasteiger partial charge in [0.25, 0.3) is 0 Å². The molecule has 2 rings (SSSR count). The van der Waals surface area contributed by atoms with Gasteiger partial charge in [-0.15, -0.1) is 11.3 Å². The Balaban J connectivity index is 1.86. The van der Waals surface area contributed by atoms with Crippen molar-refractivity contribution in [3.8, 4) is 0 Å². The molecular formula is C15H17BrN2OS. The summed E-state index contributed by atoms with van der Waals surface area (Å²) in [5.74, 6) is 0.0190. The van der Waals surface area contributed by atoms with Crippen LogP contribution < -0.4 is 11.1 Å². The number of carbonyl (C=O) groups is 1. The lowest BCUT2D eigenvalue weighted by Crippen LogP contribution is -2.12. The Labute approximate surface area is 131 Å². The van der Waals surface area contributed by atoms with Gasteiger partial charge in [0.1, 0.15) is 0 Å². The lowest BCUT2D eigenvalue weighted by atomic mass is 10.1. The zero-order valence-corrected chi connectivity index (χ0v) is 13.7. The molecule has 1 aromatic heterocycles. The van der Waals surface area contributed by atoms with E-state index in [1.165, 1.54) is 4.88 Å². The number of hydrogen-bond donors (Lipinski definition) is 2. The summed E-state index contributed by atoms with van der Waals surface area (Å²) in [4.78, 5) is 13.2. The summed E-state index contributed by atoms with van der Waals surface area (Å²) in [5.41, 5.74) is 8.27. The van der Waals surface area contributed by atoms with Crippen molar-refractivity contribution in [2.45, 2.75) is 26.2 Å². The molecule has 0 spiro atoms. The van der Waals surface area contributed by atoms with Gasteiger partial charge >= 0.3 is 0 Å². The van der Waals surface area contributed by atoms with Crippen molar-refractivity contribution in [3.05, 3.63) is 44.6 Å². The minimum atomic E-state index is 0.0190. The van der Waals surface area contributed by atoms with Gasteiger partial charge in [-0.05, 0) is 64.8 Å². The summed E-state index contributed by atoms with van der Waals surface area (Å²) in [6.07, 6.45) is 2.31. The lowest BCUT2D eigenvalue weighted by Gasteiger charge is -2.10. The maximum absolute atomic E-state index is 11.9. The van der Waals surface area contributed by atoms with Gasteiger partial charge < -0.3 is 11.1 Å². The zero-order chi connectivity index (χ0) is 14.5. The number of anilines is 2. The number of aryl methyl sites for hydroxylation is 2. The monoisotopic (exact) mass is 352 g/mol. The van der Waals surface area contributed by atoms with E-state index in [2.05, 4.69) is 32.7 Å². The van der Waals surface area contributed by atoms with E-state index < -0.39 is 0 Å². The molecule has 3 nitrogen and oxygen atoms in total. The summed E-state index contributed by atoms with van der Waals surface area (Å²) in [5, 5.41) is 4.95. The van der Waals surface area contributed by atoms with Gasteiger partial charge in [0.05, 0.1) is 5.69 Å². The van der Waals surface area contributed by atoms with Crippen LogP contribution in [0.5, 0.6) is 0 Å². The van der Waals surface area contributed by atoms with Crippen molar-refractivity contribution < 1.29 is 4.79 Å². The number of nitrogen functional groups attached to an aromatic ring is 1. The maximum Gasteiger partial charge on any atom is 0.224 e. The van der Waals surface area contributed by atoms with Crippen molar-refractivity contribution in [1.29, 1.82) is 0 Å². The Morgan fingerprint density at radius 2 is 2.25 bits per heavy atom. The van der Waals surface area contributed by atoms with Gasteiger partial charge in [0.15, 0.2) is 0 Å². The molecule has 0 bridgehead atoms. The highest BCUT2D eigenvalue weighted by Crippen LogP contribution is 2.28. The van der Waals surface area contributed by atoms with Crippen LogP contribution in [0.4, 0.5) is 11.4 Å². The third-order valence-electron chi connectivity index (χ3n) is 3.04. The van der Waals surface area contributed by atoms with Gasteiger partial charge in [-0.1, -0.05) is 6.07 Å². The third kappa shape index (κ3) is 4.08. The molecule has 0 atom stereocenters. The average molecular weight is 353 g/mol. The van der Waals surface area contributed by atoms with Gasteiger partial charge in [0, 0.05) is 21.5 Å². The van der Waals surface area contributed by atoms with E-state index in [1.54, 1.807) is 17.4 Å². The van der Waals surface area contributed by atoms with Crippen LogP contribution in [0.15, 0.2) is 34.1 Å². The van der Waals surface area contributed by atoms with Crippen LogP contribution in [-0.2, 0) is 11.2 Å². The highest BCUT2D eigenvalue weighted by molar-refractivity contribution is 9.10. The summed E-state index contributed by atoms with van der Waals surface area (Å²) in [7, 11) is 0. The quantitative estimate of drug-likeness (QED) is 0.785. The molecule has 0 unspecified atom stereocenters. The number of nitrogens with two attached hydrogens (primary N) is 1. The molecule has 0 saturated heterocycles. The molecule has 106 valence electrons. The maximum atomic E-state index is 11.9. The predicted molar refractivity (Wildman–Crippen MR) is 89.2 cm³/mol. The normalized spacial score (nSPS) is 10.5. The molecule has 0 radical (unpaired) electrons. The fourth-order valence-electron chi connectivity index (χ4n) is 1.88. The Morgan fingerprint density at radius 1 is 1.45 bits per heavy atom. The highest BCUT2D eigenvalue weighted by Gasteiger charge is 2.08. The molecular weight excluding hydrogens is 336 g/mol. The number of hydrogen-bond acceptors (Lipinski definition) is 3. The first-order valence-corrected chi connectivity index (χ1v) is 8.11. The van der Waals surface area contributed by atoms with Crippen LogP contribution in [-0.4, -0.2) is 5.91 Å². The number of carbonyl (C=O) groups excluding carboxylic acids is 1.